The van der Waals surface area contributed by atoms with Gasteiger partial charge >= 0.3 is 0 Å². The Balaban J connectivity index is 2.03. The first-order valence-electron chi connectivity index (χ1n) is 7.68. The second-order valence-corrected chi connectivity index (χ2v) is 6.14. The van der Waals surface area contributed by atoms with Gasteiger partial charge in [0, 0.05) is 17.3 Å². The van der Waals surface area contributed by atoms with Crippen molar-refractivity contribution in [3.63, 3.8) is 0 Å². The quantitative estimate of drug-likeness (QED) is 0.736. The standard InChI is InChI=1S/C17H15ClFN5O2/c1-8-7-13(21-16(26)14-11(18)5-4-6-12(14)19)24(23-8)17-20-10(3)9(2)15(25)22-17/h4-7H,1-3H3,(H,21,26)(H,20,22,25). The summed E-state index contributed by atoms with van der Waals surface area (Å²) < 4.78 is 15.2. The van der Waals surface area contributed by atoms with Crippen molar-refractivity contribution in [3.8, 4) is 5.95 Å². The molecule has 0 saturated heterocycles. The van der Waals surface area contributed by atoms with Crippen molar-refractivity contribution in [1.29, 1.82) is 0 Å². The second-order valence-electron chi connectivity index (χ2n) is 5.73. The fraction of sp³-hybridized carbons (Fsp3) is 0.176. The van der Waals surface area contributed by atoms with E-state index in [2.05, 4.69) is 20.4 Å². The molecule has 0 spiro atoms. The Bertz CT molecular complexity index is 1050. The minimum absolute atomic E-state index is 0.0111. The first kappa shape index (κ1) is 17.8. The number of hydrogen-bond acceptors (Lipinski definition) is 4. The summed E-state index contributed by atoms with van der Waals surface area (Å²) in [5.41, 5.74) is 1.00. The normalized spacial score (nSPS) is 10.8. The Morgan fingerprint density at radius 3 is 2.69 bits per heavy atom. The fourth-order valence-corrected chi connectivity index (χ4v) is 2.62. The van der Waals surface area contributed by atoms with Crippen LogP contribution in [0, 0.1) is 26.6 Å². The zero-order valence-corrected chi connectivity index (χ0v) is 15.0. The van der Waals surface area contributed by atoms with Gasteiger partial charge in [0.2, 0.25) is 5.95 Å². The van der Waals surface area contributed by atoms with Crippen LogP contribution in [0.3, 0.4) is 0 Å². The maximum absolute atomic E-state index is 14.0. The summed E-state index contributed by atoms with van der Waals surface area (Å²) in [6.45, 7) is 5.06. The molecule has 134 valence electrons. The van der Waals surface area contributed by atoms with E-state index in [9.17, 15) is 14.0 Å². The predicted molar refractivity (Wildman–Crippen MR) is 95.6 cm³/mol. The lowest BCUT2D eigenvalue weighted by atomic mass is 10.2. The van der Waals surface area contributed by atoms with Gasteiger partial charge in [-0.3, -0.25) is 14.6 Å². The number of anilines is 1. The molecule has 0 radical (unpaired) electrons. The molecule has 0 saturated carbocycles. The zero-order valence-electron chi connectivity index (χ0n) is 14.2. The summed E-state index contributed by atoms with van der Waals surface area (Å²) in [6, 6.07) is 5.55. The van der Waals surface area contributed by atoms with E-state index in [0.717, 1.165) is 6.07 Å². The van der Waals surface area contributed by atoms with Gasteiger partial charge < -0.3 is 5.32 Å². The molecule has 0 aliphatic carbocycles. The maximum Gasteiger partial charge on any atom is 0.261 e. The lowest BCUT2D eigenvalue weighted by Crippen LogP contribution is -2.21. The molecule has 0 fully saturated rings. The molecule has 7 nitrogen and oxygen atoms in total. The van der Waals surface area contributed by atoms with Crippen LogP contribution in [0.4, 0.5) is 10.2 Å². The lowest BCUT2D eigenvalue weighted by molar-refractivity contribution is 0.102. The molecule has 3 aromatic rings. The number of rotatable bonds is 3. The van der Waals surface area contributed by atoms with Crippen molar-refractivity contribution in [3.05, 3.63) is 68.0 Å². The van der Waals surface area contributed by atoms with Gasteiger partial charge in [-0.15, -0.1) is 0 Å². The van der Waals surface area contributed by atoms with E-state index in [1.165, 1.54) is 16.8 Å². The number of aryl methyl sites for hydroxylation is 2. The minimum Gasteiger partial charge on any atom is -0.306 e. The number of carbonyl (C=O) groups excluding carboxylic acids is 1. The molecule has 2 aromatic heterocycles. The summed E-state index contributed by atoms with van der Waals surface area (Å²) >= 11 is 5.93. The van der Waals surface area contributed by atoms with Crippen LogP contribution in [0.25, 0.3) is 5.95 Å². The largest absolute Gasteiger partial charge is 0.306 e. The molecule has 9 heteroatoms. The van der Waals surface area contributed by atoms with E-state index in [4.69, 9.17) is 11.6 Å². The number of nitrogens with zero attached hydrogens (tertiary/aromatic N) is 3. The average molecular weight is 376 g/mol. The van der Waals surface area contributed by atoms with Crippen molar-refractivity contribution in [2.75, 3.05) is 5.32 Å². The van der Waals surface area contributed by atoms with Gasteiger partial charge in [0.05, 0.1) is 16.3 Å². The number of benzene rings is 1. The first-order chi connectivity index (χ1) is 12.3. The Morgan fingerprint density at radius 1 is 1.31 bits per heavy atom. The minimum atomic E-state index is -0.740. The molecule has 0 bridgehead atoms. The highest BCUT2D eigenvalue weighted by Gasteiger charge is 2.19. The summed E-state index contributed by atoms with van der Waals surface area (Å²) in [5, 5.41) is 6.77. The molecule has 0 aliphatic heterocycles. The second kappa shape index (κ2) is 6.72. The van der Waals surface area contributed by atoms with Crippen LogP contribution in [0.1, 0.15) is 27.3 Å². The van der Waals surface area contributed by atoms with Crippen LogP contribution < -0.4 is 10.9 Å². The number of H-pyrrole nitrogens is 1. The van der Waals surface area contributed by atoms with Crippen LogP contribution in [-0.2, 0) is 0 Å². The van der Waals surface area contributed by atoms with Crippen LogP contribution in [0.15, 0.2) is 29.1 Å². The number of halogens is 2. The molecule has 26 heavy (non-hydrogen) atoms. The molecular formula is C17H15ClFN5O2. The Morgan fingerprint density at radius 2 is 2.04 bits per heavy atom. The van der Waals surface area contributed by atoms with E-state index in [1.54, 1.807) is 26.8 Å². The van der Waals surface area contributed by atoms with Gasteiger partial charge in [0.1, 0.15) is 11.6 Å². The van der Waals surface area contributed by atoms with Crippen molar-refractivity contribution in [1.82, 2.24) is 19.7 Å². The zero-order chi connectivity index (χ0) is 19.0. The molecule has 1 amide bonds. The lowest BCUT2D eigenvalue weighted by Gasteiger charge is -2.10. The van der Waals surface area contributed by atoms with Gasteiger partial charge in [-0.1, -0.05) is 17.7 Å². The topological polar surface area (TPSA) is 92.7 Å². The number of carbonyl (C=O) groups is 1. The van der Waals surface area contributed by atoms with Crippen molar-refractivity contribution in [2.24, 2.45) is 0 Å². The molecule has 3 rings (SSSR count). The predicted octanol–water partition coefficient (Wildman–Crippen LogP) is 2.93. The number of amides is 1. The van der Waals surface area contributed by atoms with E-state index in [-0.39, 0.29) is 27.9 Å². The molecule has 2 heterocycles. The van der Waals surface area contributed by atoms with Crippen LogP contribution in [0.2, 0.25) is 5.02 Å². The van der Waals surface area contributed by atoms with E-state index >= 15 is 0 Å². The molecule has 0 unspecified atom stereocenters. The molecule has 0 atom stereocenters. The number of aromatic amines is 1. The maximum atomic E-state index is 14.0. The van der Waals surface area contributed by atoms with Crippen molar-refractivity contribution < 1.29 is 9.18 Å². The summed E-state index contributed by atoms with van der Waals surface area (Å²) in [4.78, 5) is 31.4. The van der Waals surface area contributed by atoms with Gasteiger partial charge in [0.15, 0.2) is 0 Å². The fourth-order valence-electron chi connectivity index (χ4n) is 2.37. The summed E-state index contributed by atoms with van der Waals surface area (Å²) in [5.74, 6) is -1.12. The first-order valence-corrected chi connectivity index (χ1v) is 8.05. The highest BCUT2D eigenvalue weighted by Crippen LogP contribution is 2.21. The molecular weight excluding hydrogens is 361 g/mol. The monoisotopic (exact) mass is 375 g/mol. The Hall–Kier alpha value is -3.00. The summed E-state index contributed by atoms with van der Waals surface area (Å²) in [7, 11) is 0. The number of hydrogen-bond donors (Lipinski definition) is 2. The highest BCUT2D eigenvalue weighted by atomic mass is 35.5. The summed E-state index contributed by atoms with van der Waals surface area (Å²) in [6.07, 6.45) is 0. The van der Waals surface area contributed by atoms with Gasteiger partial charge in [-0.25, -0.2) is 9.37 Å². The van der Waals surface area contributed by atoms with Crippen LogP contribution in [0.5, 0.6) is 0 Å². The Labute approximate surface area is 152 Å². The van der Waals surface area contributed by atoms with Crippen molar-refractivity contribution in [2.45, 2.75) is 20.8 Å². The van der Waals surface area contributed by atoms with E-state index < -0.39 is 11.7 Å². The number of nitrogens with one attached hydrogen (secondary N) is 2. The van der Waals surface area contributed by atoms with Gasteiger partial charge in [0.25, 0.3) is 11.5 Å². The smallest absolute Gasteiger partial charge is 0.261 e. The van der Waals surface area contributed by atoms with Gasteiger partial charge in [-0.2, -0.15) is 9.78 Å². The van der Waals surface area contributed by atoms with E-state index in [0.29, 0.717) is 17.0 Å². The third-order valence-electron chi connectivity index (χ3n) is 3.85. The van der Waals surface area contributed by atoms with Crippen LogP contribution in [-0.4, -0.2) is 25.7 Å². The SMILES string of the molecule is Cc1cc(NC(=O)c2c(F)cccc2Cl)n(-c2nc(C)c(C)c(=O)[nH]2)n1. The third kappa shape index (κ3) is 3.23. The number of aromatic nitrogens is 4. The third-order valence-corrected chi connectivity index (χ3v) is 4.16. The molecule has 1 aromatic carbocycles. The Kier molecular flexibility index (Phi) is 4.60. The average Bonchev–Trinajstić information content (AvgIpc) is 2.92. The highest BCUT2D eigenvalue weighted by molar-refractivity contribution is 6.34. The molecule has 0 aliphatic rings. The molecule has 2 N–H and O–H groups in total. The van der Waals surface area contributed by atoms with Crippen molar-refractivity contribution >= 4 is 23.3 Å². The van der Waals surface area contributed by atoms with Crippen LogP contribution >= 0.6 is 11.6 Å². The van der Waals surface area contributed by atoms with E-state index in [1.807, 2.05) is 0 Å². The van der Waals surface area contributed by atoms with Gasteiger partial charge in [-0.05, 0) is 32.9 Å².